The SMILES string of the molecule is CCC(C)C(NC(N)=O)C(=O)NCCC(=O)OC. The van der Waals surface area contributed by atoms with E-state index in [4.69, 9.17) is 5.73 Å². The fourth-order valence-electron chi connectivity index (χ4n) is 1.35. The minimum Gasteiger partial charge on any atom is -0.469 e. The molecule has 0 radical (unpaired) electrons. The number of hydrogen-bond acceptors (Lipinski definition) is 4. The van der Waals surface area contributed by atoms with Gasteiger partial charge in [0.1, 0.15) is 6.04 Å². The van der Waals surface area contributed by atoms with Crippen LogP contribution in [-0.2, 0) is 14.3 Å². The number of hydrogen-bond donors (Lipinski definition) is 3. The van der Waals surface area contributed by atoms with Crippen molar-refractivity contribution in [2.45, 2.75) is 32.7 Å². The third kappa shape index (κ3) is 6.07. The van der Waals surface area contributed by atoms with Crippen molar-refractivity contribution in [3.63, 3.8) is 0 Å². The Balaban J connectivity index is 4.29. The molecule has 7 heteroatoms. The summed E-state index contributed by atoms with van der Waals surface area (Å²) in [6.45, 7) is 3.90. The van der Waals surface area contributed by atoms with Crippen molar-refractivity contribution in [3.05, 3.63) is 0 Å². The zero-order chi connectivity index (χ0) is 14.1. The number of urea groups is 1. The second kappa shape index (κ2) is 8.32. The first kappa shape index (κ1) is 16.2. The Morgan fingerprint density at radius 3 is 2.39 bits per heavy atom. The van der Waals surface area contributed by atoms with Gasteiger partial charge in [-0.1, -0.05) is 20.3 Å². The summed E-state index contributed by atoms with van der Waals surface area (Å²) >= 11 is 0. The van der Waals surface area contributed by atoms with Crippen LogP contribution in [0.3, 0.4) is 0 Å². The Morgan fingerprint density at radius 2 is 1.94 bits per heavy atom. The minimum atomic E-state index is -0.747. The topological polar surface area (TPSA) is 111 Å². The highest BCUT2D eigenvalue weighted by Gasteiger charge is 2.24. The van der Waals surface area contributed by atoms with E-state index < -0.39 is 18.0 Å². The van der Waals surface area contributed by atoms with E-state index in [0.29, 0.717) is 0 Å². The molecule has 0 aliphatic heterocycles. The van der Waals surface area contributed by atoms with Crippen LogP contribution in [-0.4, -0.2) is 37.6 Å². The number of esters is 1. The summed E-state index contributed by atoms with van der Waals surface area (Å²) in [5.41, 5.74) is 5.02. The molecule has 0 aromatic carbocycles. The lowest BCUT2D eigenvalue weighted by Crippen LogP contribution is -2.52. The van der Waals surface area contributed by atoms with Crippen molar-refractivity contribution < 1.29 is 19.1 Å². The number of nitrogens with one attached hydrogen (secondary N) is 2. The summed E-state index contributed by atoms with van der Waals surface area (Å²) in [5.74, 6) is -0.805. The van der Waals surface area contributed by atoms with Crippen LogP contribution in [0.2, 0.25) is 0 Å². The van der Waals surface area contributed by atoms with Gasteiger partial charge in [-0.05, 0) is 5.92 Å². The Hall–Kier alpha value is -1.79. The van der Waals surface area contributed by atoms with E-state index in [1.165, 1.54) is 7.11 Å². The zero-order valence-corrected chi connectivity index (χ0v) is 11.0. The predicted molar refractivity (Wildman–Crippen MR) is 65.6 cm³/mol. The minimum absolute atomic E-state index is 0.0457. The molecule has 0 heterocycles. The van der Waals surface area contributed by atoms with Gasteiger partial charge in [0.15, 0.2) is 0 Å². The standard InChI is InChI=1S/C11H21N3O4/c1-4-7(2)9(14-11(12)17)10(16)13-6-5-8(15)18-3/h7,9H,4-6H2,1-3H3,(H,13,16)(H3,12,14,17). The zero-order valence-electron chi connectivity index (χ0n) is 11.0. The number of rotatable bonds is 7. The summed E-state index contributed by atoms with van der Waals surface area (Å²) in [5, 5.41) is 4.95. The van der Waals surface area contributed by atoms with E-state index in [2.05, 4.69) is 15.4 Å². The van der Waals surface area contributed by atoms with Crippen molar-refractivity contribution >= 4 is 17.9 Å². The second-order valence-electron chi connectivity index (χ2n) is 3.99. The van der Waals surface area contributed by atoms with Gasteiger partial charge in [-0.2, -0.15) is 0 Å². The normalized spacial score (nSPS) is 13.3. The van der Waals surface area contributed by atoms with Crippen molar-refractivity contribution in [1.29, 1.82) is 0 Å². The quantitative estimate of drug-likeness (QED) is 0.547. The highest BCUT2D eigenvalue weighted by atomic mass is 16.5. The van der Waals surface area contributed by atoms with Crippen LogP contribution in [0.5, 0.6) is 0 Å². The molecular formula is C11H21N3O4. The maximum absolute atomic E-state index is 11.8. The number of carbonyl (C=O) groups excluding carboxylic acids is 3. The molecule has 0 aromatic heterocycles. The number of amides is 3. The lowest BCUT2D eigenvalue weighted by molar-refractivity contribution is -0.140. The molecule has 2 atom stereocenters. The Kier molecular flexibility index (Phi) is 7.50. The maximum Gasteiger partial charge on any atom is 0.312 e. The van der Waals surface area contributed by atoms with E-state index in [9.17, 15) is 14.4 Å². The summed E-state index contributed by atoms with van der Waals surface area (Å²) in [7, 11) is 1.28. The van der Waals surface area contributed by atoms with E-state index >= 15 is 0 Å². The summed E-state index contributed by atoms with van der Waals surface area (Å²) in [6, 6.07) is -1.44. The molecule has 0 aromatic rings. The Morgan fingerprint density at radius 1 is 1.33 bits per heavy atom. The molecule has 3 amide bonds. The molecule has 104 valence electrons. The van der Waals surface area contributed by atoms with Crippen LogP contribution < -0.4 is 16.4 Å². The van der Waals surface area contributed by atoms with Crippen molar-refractivity contribution in [2.24, 2.45) is 11.7 Å². The monoisotopic (exact) mass is 259 g/mol. The average Bonchev–Trinajstić information content (AvgIpc) is 2.34. The van der Waals surface area contributed by atoms with Gasteiger partial charge in [0, 0.05) is 6.54 Å². The number of carbonyl (C=O) groups is 3. The van der Waals surface area contributed by atoms with Crippen molar-refractivity contribution in [2.75, 3.05) is 13.7 Å². The van der Waals surface area contributed by atoms with Crippen molar-refractivity contribution in [3.8, 4) is 0 Å². The first-order valence-corrected chi connectivity index (χ1v) is 5.82. The lowest BCUT2D eigenvalue weighted by atomic mass is 9.98. The van der Waals surface area contributed by atoms with Gasteiger partial charge in [0.2, 0.25) is 5.91 Å². The number of nitrogens with two attached hydrogens (primary N) is 1. The number of primary amides is 1. The molecule has 0 bridgehead atoms. The highest BCUT2D eigenvalue weighted by Crippen LogP contribution is 2.07. The number of ether oxygens (including phenoxy) is 1. The van der Waals surface area contributed by atoms with Gasteiger partial charge < -0.3 is 21.1 Å². The number of methoxy groups -OCH3 is 1. The van der Waals surface area contributed by atoms with Crippen LogP contribution in [0.1, 0.15) is 26.7 Å². The van der Waals surface area contributed by atoms with Gasteiger partial charge in [0.05, 0.1) is 13.5 Å². The van der Waals surface area contributed by atoms with E-state index in [0.717, 1.165) is 6.42 Å². The third-order valence-electron chi connectivity index (χ3n) is 2.65. The molecule has 4 N–H and O–H groups in total. The molecule has 0 spiro atoms. The van der Waals surface area contributed by atoms with Crippen LogP contribution in [0, 0.1) is 5.92 Å². The van der Waals surface area contributed by atoms with Crippen molar-refractivity contribution in [1.82, 2.24) is 10.6 Å². The largest absolute Gasteiger partial charge is 0.469 e. The fraction of sp³-hybridized carbons (Fsp3) is 0.727. The second-order valence-corrected chi connectivity index (χ2v) is 3.99. The summed E-state index contributed by atoms with van der Waals surface area (Å²) in [4.78, 5) is 33.5. The molecule has 0 rings (SSSR count). The maximum atomic E-state index is 11.8. The average molecular weight is 259 g/mol. The molecule has 0 saturated carbocycles. The summed E-state index contributed by atoms with van der Waals surface area (Å²) in [6.07, 6.45) is 0.807. The van der Waals surface area contributed by atoms with Gasteiger partial charge >= 0.3 is 12.0 Å². The van der Waals surface area contributed by atoms with Gasteiger partial charge in [-0.25, -0.2) is 4.79 Å². The molecule has 0 fully saturated rings. The highest BCUT2D eigenvalue weighted by molar-refractivity contribution is 5.87. The van der Waals surface area contributed by atoms with Crippen LogP contribution in [0.15, 0.2) is 0 Å². The molecule has 18 heavy (non-hydrogen) atoms. The smallest absolute Gasteiger partial charge is 0.312 e. The Labute approximate surface area is 106 Å². The fourth-order valence-corrected chi connectivity index (χ4v) is 1.35. The van der Waals surface area contributed by atoms with E-state index in [1.807, 2.05) is 13.8 Å². The van der Waals surface area contributed by atoms with Crippen LogP contribution in [0.4, 0.5) is 4.79 Å². The molecular weight excluding hydrogens is 238 g/mol. The third-order valence-corrected chi connectivity index (χ3v) is 2.65. The lowest BCUT2D eigenvalue weighted by Gasteiger charge is -2.22. The van der Waals surface area contributed by atoms with Crippen LogP contribution in [0.25, 0.3) is 0 Å². The van der Waals surface area contributed by atoms with Gasteiger partial charge in [0.25, 0.3) is 0 Å². The first-order chi connectivity index (χ1) is 8.42. The van der Waals surface area contributed by atoms with Gasteiger partial charge in [-0.3, -0.25) is 9.59 Å². The van der Waals surface area contributed by atoms with E-state index in [-0.39, 0.29) is 24.8 Å². The summed E-state index contributed by atoms with van der Waals surface area (Å²) < 4.78 is 4.45. The molecule has 2 unspecified atom stereocenters. The molecule has 7 nitrogen and oxygen atoms in total. The molecule has 0 aliphatic rings. The Bertz CT molecular complexity index is 307. The van der Waals surface area contributed by atoms with E-state index in [1.54, 1.807) is 0 Å². The van der Waals surface area contributed by atoms with Gasteiger partial charge in [-0.15, -0.1) is 0 Å². The van der Waals surface area contributed by atoms with Crippen LogP contribution >= 0.6 is 0 Å². The predicted octanol–water partition coefficient (Wildman–Crippen LogP) is -0.251. The molecule has 0 aliphatic carbocycles. The first-order valence-electron chi connectivity index (χ1n) is 5.82. The molecule has 0 saturated heterocycles.